The van der Waals surface area contributed by atoms with Gasteiger partial charge in [-0.25, -0.2) is 0 Å². The van der Waals surface area contributed by atoms with Crippen molar-refractivity contribution in [1.82, 2.24) is 4.90 Å². The highest BCUT2D eigenvalue weighted by atomic mass is 16.5. The number of carbonyl (C=O) groups is 1. The number of hydrogen-bond donors (Lipinski definition) is 1. The number of unbranched alkanes of at least 4 members (excludes halogenated alkanes) is 1. The van der Waals surface area contributed by atoms with Crippen molar-refractivity contribution in [2.24, 2.45) is 17.8 Å². The van der Waals surface area contributed by atoms with E-state index in [1.54, 1.807) is 7.11 Å². The van der Waals surface area contributed by atoms with Gasteiger partial charge in [-0.15, -0.1) is 6.42 Å². The van der Waals surface area contributed by atoms with Gasteiger partial charge < -0.3 is 15.0 Å². The maximum Gasteiger partial charge on any atom is 0.299 e. The van der Waals surface area contributed by atoms with Gasteiger partial charge in [0.05, 0.1) is 13.2 Å². The molecule has 194 valence electrons. The van der Waals surface area contributed by atoms with Crippen LogP contribution in [0.1, 0.15) is 87.4 Å². The van der Waals surface area contributed by atoms with Gasteiger partial charge in [-0.05, 0) is 116 Å². The molecule has 5 aliphatic rings. The molecule has 1 heterocycles. The van der Waals surface area contributed by atoms with E-state index >= 15 is 0 Å². The van der Waals surface area contributed by atoms with E-state index in [2.05, 4.69) is 54.6 Å². The molecule has 0 radical (unpaired) electrons. The van der Waals surface area contributed by atoms with Crippen LogP contribution < -0.4 is 10.1 Å². The summed E-state index contributed by atoms with van der Waals surface area (Å²) in [4.78, 5) is 15.2. The topological polar surface area (TPSA) is 41.6 Å². The second-order valence-corrected chi connectivity index (χ2v) is 12.3. The van der Waals surface area contributed by atoms with Crippen LogP contribution in [0, 0.1) is 30.1 Å². The molecule has 0 spiro atoms. The number of amides is 1. The number of nitrogens with zero attached hydrogens (tertiary/aromatic N) is 1. The Morgan fingerprint density at radius 1 is 1.08 bits per heavy atom. The number of terminal acetylenes is 1. The molecule has 0 saturated heterocycles. The first-order valence-electron chi connectivity index (χ1n) is 14.3. The quantitative estimate of drug-likeness (QED) is 0.432. The largest absolute Gasteiger partial charge is 0.497 e. The smallest absolute Gasteiger partial charge is 0.299 e. The number of methoxy groups -OCH3 is 1. The summed E-state index contributed by atoms with van der Waals surface area (Å²) in [5.74, 6) is 5.76. The molecule has 0 unspecified atom stereocenters. The van der Waals surface area contributed by atoms with Crippen LogP contribution >= 0.6 is 0 Å². The van der Waals surface area contributed by atoms with Gasteiger partial charge in [-0.3, -0.25) is 4.79 Å². The fraction of sp³-hybridized carbons (Fsp3) is 0.545. The van der Waals surface area contributed by atoms with Crippen LogP contribution in [0.5, 0.6) is 5.75 Å². The SMILES string of the molecule is C#CC(=O)N1[C@@H](CCCC)Cc2ccc(OC)cc2[C@@H]1c1ccc(NC23CC4CC(CC(C4)C2)C3)cc1. The number of nitrogens with one attached hydrogen (secondary N) is 1. The van der Waals surface area contributed by atoms with Crippen LogP contribution in [0.25, 0.3) is 0 Å². The highest BCUT2D eigenvalue weighted by molar-refractivity contribution is 5.94. The fourth-order valence-electron chi connectivity index (χ4n) is 8.55. The molecule has 7 rings (SSSR count). The molecule has 4 aliphatic carbocycles. The minimum Gasteiger partial charge on any atom is -0.497 e. The van der Waals surface area contributed by atoms with Gasteiger partial charge in [-0.1, -0.05) is 38.0 Å². The van der Waals surface area contributed by atoms with Crippen molar-refractivity contribution in [1.29, 1.82) is 0 Å². The minimum absolute atomic E-state index is 0.0965. The molecule has 4 nitrogen and oxygen atoms in total. The molecule has 4 saturated carbocycles. The molecule has 4 heteroatoms. The standard InChI is InChI=1S/C33H40N2O2/c1-4-6-7-28-17-26-10-13-29(37-3)18-30(26)32(35(28)31(36)5-2)25-8-11-27(12-9-25)34-33-19-22-14-23(20-33)16-24(15-22)21-33/h2,8-13,18,22-24,28,32,34H,4,6-7,14-17,19-21H2,1,3H3/t22?,23?,24?,28-,32-,33?/m0/s1. The first-order valence-corrected chi connectivity index (χ1v) is 14.3. The van der Waals surface area contributed by atoms with Crippen molar-refractivity contribution in [3.8, 4) is 18.1 Å². The molecular weight excluding hydrogens is 456 g/mol. The zero-order valence-electron chi connectivity index (χ0n) is 22.3. The number of hydrogen-bond acceptors (Lipinski definition) is 3. The Hall–Kier alpha value is -2.93. The molecule has 4 fully saturated rings. The van der Waals surface area contributed by atoms with Crippen molar-refractivity contribution >= 4 is 11.6 Å². The summed E-state index contributed by atoms with van der Waals surface area (Å²) in [6, 6.07) is 15.0. The van der Waals surface area contributed by atoms with Gasteiger partial charge in [0.1, 0.15) is 5.75 Å². The second kappa shape index (κ2) is 9.75. The van der Waals surface area contributed by atoms with Crippen LogP contribution in [-0.2, 0) is 11.2 Å². The predicted octanol–water partition coefficient (Wildman–Crippen LogP) is 6.74. The monoisotopic (exact) mass is 496 g/mol. The summed E-state index contributed by atoms with van der Waals surface area (Å²) in [6.45, 7) is 2.20. The summed E-state index contributed by atoms with van der Waals surface area (Å²) in [7, 11) is 1.69. The predicted molar refractivity (Wildman–Crippen MR) is 149 cm³/mol. The Kier molecular flexibility index (Phi) is 6.43. The third kappa shape index (κ3) is 4.52. The lowest BCUT2D eigenvalue weighted by Gasteiger charge is -2.57. The number of carbonyl (C=O) groups excluding carboxylic acids is 1. The van der Waals surface area contributed by atoms with Gasteiger partial charge in [0.25, 0.3) is 5.91 Å². The van der Waals surface area contributed by atoms with Gasteiger partial charge in [-0.2, -0.15) is 0 Å². The lowest BCUT2D eigenvalue weighted by molar-refractivity contribution is -0.130. The van der Waals surface area contributed by atoms with Crippen molar-refractivity contribution in [2.45, 2.75) is 88.8 Å². The van der Waals surface area contributed by atoms with Gasteiger partial charge >= 0.3 is 0 Å². The van der Waals surface area contributed by atoms with Crippen molar-refractivity contribution < 1.29 is 9.53 Å². The zero-order valence-corrected chi connectivity index (χ0v) is 22.3. The highest BCUT2D eigenvalue weighted by Crippen LogP contribution is 2.56. The number of anilines is 1. The van der Waals surface area contributed by atoms with Crippen LogP contribution in [0.2, 0.25) is 0 Å². The van der Waals surface area contributed by atoms with E-state index in [0.29, 0.717) is 0 Å². The molecule has 4 bridgehead atoms. The van der Waals surface area contributed by atoms with Crippen LogP contribution in [0.15, 0.2) is 42.5 Å². The molecule has 37 heavy (non-hydrogen) atoms. The molecule has 2 atom stereocenters. The first-order chi connectivity index (χ1) is 18.0. The molecular formula is C33H40N2O2. The van der Waals surface area contributed by atoms with E-state index in [4.69, 9.17) is 11.2 Å². The lowest BCUT2D eigenvalue weighted by atomic mass is 9.53. The molecule has 0 aromatic heterocycles. The Balaban J connectivity index is 1.33. The maximum absolute atomic E-state index is 13.2. The summed E-state index contributed by atoms with van der Waals surface area (Å²) in [6.07, 6.45) is 18.0. The third-order valence-electron chi connectivity index (χ3n) is 9.70. The van der Waals surface area contributed by atoms with E-state index in [1.165, 1.54) is 49.8 Å². The van der Waals surface area contributed by atoms with Crippen LogP contribution in [-0.4, -0.2) is 29.5 Å². The van der Waals surface area contributed by atoms with E-state index in [9.17, 15) is 4.79 Å². The number of fused-ring (bicyclic) bond motifs is 1. The van der Waals surface area contributed by atoms with Crippen molar-refractivity contribution in [3.05, 3.63) is 59.2 Å². The van der Waals surface area contributed by atoms with Crippen LogP contribution in [0.4, 0.5) is 5.69 Å². The Bertz CT molecular complexity index is 1160. The van der Waals surface area contributed by atoms with E-state index in [0.717, 1.165) is 60.3 Å². The van der Waals surface area contributed by atoms with Gasteiger partial charge in [0, 0.05) is 17.3 Å². The molecule has 2 aromatic carbocycles. The molecule has 1 N–H and O–H groups in total. The van der Waals surface area contributed by atoms with Gasteiger partial charge in [0.2, 0.25) is 0 Å². The van der Waals surface area contributed by atoms with Gasteiger partial charge in [0.15, 0.2) is 0 Å². The lowest BCUT2D eigenvalue weighted by Crippen LogP contribution is -2.54. The van der Waals surface area contributed by atoms with E-state index < -0.39 is 0 Å². The number of benzene rings is 2. The normalized spacial score (nSPS) is 31.5. The van der Waals surface area contributed by atoms with E-state index in [-0.39, 0.29) is 23.5 Å². The molecule has 2 aromatic rings. The fourth-order valence-corrected chi connectivity index (χ4v) is 8.55. The van der Waals surface area contributed by atoms with Crippen molar-refractivity contribution in [2.75, 3.05) is 12.4 Å². The molecule has 1 amide bonds. The first kappa shape index (κ1) is 24.4. The number of ether oxygens (including phenoxy) is 1. The second-order valence-electron chi connectivity index (χ2n) is 12.3. The average molecular weight is 497 g/mol. The van der Waals surface area contributed by atoms with Crippen LogP contribution in [0.3, 0.4) is 0 Å². The Morgan fingerprint density at radius 2 is 1.76 bits per heavy atom. The maximum atomic E-state index is 13.2. The summed E-state index contributed by atoms with van der Waals surface area (Å²) in [5, 5.41) is 4.00. The summed E-state index contributed by atoms with van der Waals surface area (Å²) < 4.78 is 5.58. The third-order valence-corrected chi connectivity index (χ3v) is 9.70. The zero-order chi connectivity index (χ0) is 25.6. The minimum atomic E-state index is -0.227. The average Bonchev–Trinajstić information content (AvgIpc) is 2.89. The number of rotatable bonds is 7. The summed E-state index contributed by atoms with van der Waals surface area (Å²) >= 11 is 0. The Morgan fingerprint density at radius 3 is 2.35 bits per heavy atom. The Labute approximate surface area is 222 Å². The van der Waals surface area contributed by atoms with E-state index in [1.807, 2.05) is 11.0 Å². The molecule has 1 aliphatic heterocycles. The van der Waals surface area contributed by atoms with Crippen molar-refractivity contribution in [3.63, 3.8) is 0 Å². The summed E-state index contributed by atoms with van der Waals surface area (Å²) in [5.41, 5.74) is 4.99. The highest BCUT2D eigenvalue weighted by Gasteiger charge is 2.51.